The van der Waals surface area contributed by atoms with Crippen molar-refractivity contribution in [3.05, 3.63) is 0 Å². The molecule has 0 fully saturated rings. The van der Waals surface area contributed by atoms with Crippen LogP contribution in [0.3, 0.4) is 0 Å². The van der Waals surface area contributed by atoms with Gasteiger partial charge in [0.1, 0.15) is 19.3 Å². The number of aliphatic hydroxyl groups excluding tert-OH is 1. The van der Waals surface area contributed by atoms with Gasteiger partial charge >= 0.3 is 39.5 Å². The van der Waals surface area contributed by atoms with Gasteiger partial charge in [-0.3, -0.25) is 37.3 Å². The number of phosphoric ester groups is 2. The van der Waals surface area contributed by atoms with Gasteiger partial charge in [-0.1, -0.05) is 306 Å². The van der Waals surface area contributed by atoms with Crippen molar-refractivity contribution in [1.82, 2.24) is 0 Å². The van der Waals surface area contributed by atoms with Crippen LogP contribution in [0, 0.1) is 23.7 Å². The zero-order valence-corrected chi connectivity index (χ0v) is 61.3. The molecule has 0 aromatic carbocycles. The number of ether oxygens (including phenoxy) is 4. The third-order valence-electron chi connectivity index (χ3n) is 16.6. The number of hydrogen-bond acceptors (Lipinski definition) is 15. The van der Waals surface area contributed by atoms with Gasteiger partial charge in [-0.2, -0.15) is 0 Å². The van der Waals surface area contributed by atoms with Crippen molar-refractivity contribution in [1.29, 1.82) is 0 Å². The molecule has 0 aromatic heterocycles. The minimum atomic E-state index is -4.95. The number of carbonyl (C=O) groups is 4. The highest BCUT2D eigenvalue weighted by molar-refractivity contribution is 7.47. The molecule has 0 aromatic rings. The standard InChI is InChI=1S/C72H140O17P2/c1-62(2)48-40-32-24-17-12-9-10-14-20-29-38-46-54-71(76)89-68(59-83-70(75)53-45-37-31-23-27-35-43-51-65(7)8)61-87-91(80,81)85-57-66(73)56-84-90(78,79)86-60-67(58-82-69(74)52-44-36-28-22-16-19-26-34-42-50-64(5)6)88-72(77)55-47-39-30-21-15-11-13-18-25-33-41-49-63(3)4/h62-68,73H,9-61H2,1-8H3,(H,78,79)(H,80,81)/t66?,67-,68-/m1/s1. The third-order valence-corrected chi connectivity index (χ3v) is 18.5. The van der Waals surface area contributed by atoms with E-state index in [4.69, 9.17) is 37.0 Å². The van der Waals surface area contributed by atoms with E-state index < -0.39 is 97.5 Å². The van der Waals surface area contributed by atoms with Crippen molar-refractivity contribution in [2.45, 2.75) is 375 Å². The summed E-state index contributed by atoms with van der Waals surface area (Å²) in [6.07, 6.45) is 44.5. The monoisotopic (exact) mass is 1340 g/mol. The summed E-state index contributed by atoms with van der Waals surface area (Å²) in [7, 11) is -9.91. The smallest absolute Gasteiger partial charge is 0.462 e. The normalized spacial score (nSPS) is 14.2. The van der Waals surface area contributed by atoms with Crippen molar-refractivity contribution < 1.29 is 80.2 Å². The molecule has 0 spiro atoms. The molecule has 0 bridgehead atoms. The van der Waals surface area contributed by atoms with Crippen LogP contribution >= 0.6 is 15.6 Å². The zero-order chi connectivity index (χ0) is 67.5. The molecule has 0 radical (unpaired) electrons. The summed E-state index contributed by atoms with van der Waals surface area (Å²) in [5.41, 5.74) is 0. The summed E-state index contributed by atoms with van der Waals surface area (Å²) in [5.74, 6) is 0.864. The maximum atomic E-state index is 13.0. The molecule has 17 nitrogen and oxygen atoms in total. The van der Waals surface area contributed by atoms with E-state index in [-0.39, 0.29) is 25.7 Å². The number of rotatable bonds is 69. The van der Waals surface area contributed by atoms with Crippen LogP contribution in [-0.4, -0.2) is 96.7 Å². The lowest BCUT2D eigenvalue weighted by Gasteiger charge is -2.21. The Hall–Kier alpha value is -1.94. The largest absolute Gasteiger partial charge is 0.472 e. The molecule has 0 rings (SSSR count). The number of phosphoric acid groups is 2. The van der Waals surface area contributed by atoms with Crippen LogP contribution in [0.4, 0.5) is 0 Å². The van der Waals surface area contributed by atoms with Gasteiger partial charge in [-0.05, 0) is 49.4 Å². The van der Waals surface area contributed by atoms with Gasteiger partial charge in [0.25, 0.3) is 0 Å². The quantitative estimate of drug-likeness (QED) is 0.0222. The summed E-state index contributed by atoms with van der Waals surface area (Å²) in [6.45, 7) is 14.1. The predicted octanol–water partition coefficient (Wildman–Crippen LogP) is 20.5. The maximum absolute atomic E-state index is 13.0. The van der Waals surface area contributed by atoms with E-state index in [2.05, 4.69) is 55.4 Å². The van der Waals surface area contributed by atoms with Crippen molar-refractivity contribution >= 4 is 39.5 Å². The highest BCUT2D eigenvalue weighted by atomic mass is 31.2. The fourth-order valence-electron chi connectivity index (χ4n) is 10.8. The number of carbonyl (C=O) groups excluding carboxylic acids is 4. The van der Waals surface area contributed by atoms with Crippen LogP contribution in [0.25, 0.3) is 0 Å². The molecule has 19 heteroatoms. The Kier molecular flexibility index (Phi) is 60.3. The second-order valence-electron chi connectivity index (χ2n) is 27.9. The first-order valence-corrected chi connectivity index (χ1v) is 40.2. The molecule has 5 atom stereocenters. The number of esters is 4. The molecule has 0 saturated heterocycles. The predicted molar refractivity (Wildman–Crippen MR) is 367 cm³/mol. The van der Waals surface area contributed by atoms with Gasteiger partial charge in [-0.25, -0.2) is 9.13 Å². The molecule has 540 valence electrons. The Morgan fingerprint density at radius 3 is 0.681 bits per heavy atom. The first kappa shape index (κ1) is 89.1. The van der Waals surface area contributed by atoms with Crippen LogP contribution in [-0.2, 0) is 65.4 Å². The Morgan fingerprint density at radius 2 is 0.462 bits per heavy atom. The molecular weight excluding hydrogens is 1200 g/mol. The zero-order valence-electron chi connectivity index (χ0n) is 59.5. The van der Waals surface area contributed by atoms with E-state index in [1.165, 1.54) is 154 Å². The Balaban J connectivity index is 5.26. The van der Waals surface area contributed by atoms with Gasteiger partial charge < -0.3 is 33.8 Å². The van der Waals surface area contributed by atoms with Crippen LogP contribution in [0.15, 0.2) is 0 Å². The summed E-state index contributed by atoms with van der Waals surface area (Å²) in [4.78, 5) is 72.6. The molecule has 0 aliphatic heterocycles. The Labute approximate surface area is 556 Å². The number of aliphatic hydroxyl groups is 1. The van der Waals surface area contributed by atoms with E-state index in [1.807, 2.05) is 0 Å². The molecule has 0 heterocycles. The Morgan fingerprint density at radius 1 is 0.275 bits per heavy atom. The molecule has 0 saturated carbocycles. The molecule has 91 heavy (non-hydrogen) atoms. The van der Waals surface area contributed by atoms with E-state index in [1.54, 1.807) is 0 Å². The molecule has 0 amide bonds. The summed E-state index contributed by atoms with van der Waals surface area (Å²) < 4.78 is 68.4. The first-order valence-electron chi connectivity index (χ1n) is 37.2. The van der Waals surface area contributed by atoms with Crippen molar-refractivity contribution in [3.8, 4) is 0 Å². The second kappa shape index (κ2) is 61.6. The number of unbranched alkanes of at least 4 members (excludes halogenated alkanes) is 35. The molecule has 0 aliphatic carbocycles. The molecule has 3 N–H and O–H groups in total. The van der Waals surface area contributed by atoms with Crippen molar-refractivity contribution in [2.75, 3.05) is 39.6 Å². The lowest BCUT2D eigenvalue weighted by Crippen LogP contribution is -2.30. The van der Waals surface area contributed by atoms with Crippen LogP contribution in [0.2, 0.25) is 0 Å². The second-order valence-corrected chi connectivity index (χ2v) is 30.8. The van der Waals surface area contributed by atoms with Crippen LogP contribution in [0.5, 0.6) is 0 Å². The SMILES string of the molecule is CC(C)CCCCCCCCCCCCCCC(=O)O[C@H](COC(=O)CCCCCCCCCC(C)C)COP(=O)(O)OCC(O)COP(=O)(O)OC[C@@H](COC(=O)CCCCCCCCCCCC(C)C)OC(=O)CCCCCCCCCCCCCC(C)C. The van der Waals surface area contributed by atoms with E-state index in [0.29, 0.717) is 31.6 Å². The van der Waals surface area contributed by atoms with E-state index in [9.17, 15) is 43.2 Å². The van der Waals surface area contributed by atoms with Gasteiger partial charge in [0, 0.05) is 25.7 Å². The van der Waals surface area contributed by atoms with Crippen LogP contribution in [0.1, 0.15) is 357 Å². The van der Waals surface area contributed by atoms with Gasteiger partial charge in [0.2, 0.25) is 0 Å². The van der Waals surface area contributed by atoms with Gasteiger partial charge in [0.15, 0.2) is 12.2 Å². The highest BCUT2D eigenvalue weighted by Crippen LogP contribution is 2.45. The summed E-state index contributed by atoms with van der Waals surface area (Å²) >= 11 is 0. The summed E-state index contributed by atoms with van der Waals surface area (Å²) in [6, 6.07) is 0. The third kappa shape index (κ3) is 66.5. The van der Waals surface area contributed by atoms with Crippen LogP contribution < -0.4 is 0 Å². The minimum absolute atomic E-state index is 0.105. The minimum Gasteiger partial charge on any atom is -0.462 e. The maximum Gasteiger partial charge on any atom is 0.472 e. The van der Waals surface area contributed by atoms with Crippen molar-refractivity contribution in [2.24, 2.45) is 23.7 Å². The highest BCUT2D eigenvalue weighted by Gasteiger charge is 2.30. The average molecular weight is 1340 g/mol. The summed E-state index contributed by atoms with van der Waals surface area (Å²) in [5, 5.41) is 10.6. The van der Waals surface area contributed by atoms with E-state index in [0.717, 1.165) is 114 Å². The lowest BCUT2D eigenvalue weighted by molar-refractivity contribution is -0.161. The average Bonchev–Trinajstić information content (AvgIpc) is 3.67. The lowest BCUT2D eigenvalue weighted by atomic mass is 10.0. The molecular formula is C72H140O17P2. The Bertz CT molecular complexity index is 1800. The molecule has 3 unspecified atom stereocenters. The first-order chi connectivity index (χ1) is 43.6. The van der Waals surface area contributed by atoms with Gasteiger partial charge in [0.05, 0.1) is 26.4 Å². The van der Waals surface area contributed by atoms with Crippen molar-refractivity contribution in [3.63, 3.8) is 0 Å². The van der Waals surface area contributed by atoms with Gasteiger partial charge in [-0.15, -0.1) is 0 Å². The fourth-order valence-corrected chi connectivity index (χ4v) is 12.4. The number of hydrogen-bond donors (Lipinski definition) is 3. The van der Waals surface area contributed by atoms with E-state index >= 15 is 0 Å². The molecule has 0 aliphatic rings. The topological polar surface area (TPSA) is 237 Å². The fraction of sp³-hybridized carbons (Fsp3) is 0.944.